The average molecular weight is 266 g/mol. The molecule has 0 radical (unpaired) electrons. The summed E-state index contributed by atoms with van der Waals surface area (Å²) < 4.78 is 29.6. The Kier molecular flexibility index (Phi) is 4.62. The molecule has 0 aliphatic rings. The summed E-state index contributed by atoms with van der Waals surface area (Å²) in [6.45, 7) is 1.76. The van der Waals surface area contributed by atoms with Crippen molar-refractivity contribution in [1.29, 1.82) is 0 Å². The number of carbonyl (C=O) groups excluding carboxylic acids is 1. The minimum absolute atomic E-state index is 0.0943. The summed E-state index contributed by atoms with van der Waals surface area (Å²) in [7, 11) is 0. The van der Waals surface area contributed by atoms with Crippen molar-refractivity contribution < 1.29 is 18.3 Å². The lowest BCUT2D eigenvalue weighted by atomic mass is 10.1. The number of esters is 1. The van der Waals surface area contributed by atoms with Crippen LogP contribution in [-0.2, 0) is 16.0 Å². The molecule has 17 heavy (non-hydrogen) atoms. The van der Waals surface area contributed by atoms with Gasteiger partial charge in [-0.15, -0.1) is 0 Å². The molecule has 1 rings (SSSR count). The summed E-state index contributed by atoms with van der Waals surface area (Å²) >= 11 is 5.44. The van der Waals surface area contributed by atoms with Crippen molar-refractivity contribution in [2.24, 2.45) is 0 Å². The minimum atomic E-state index is -2.82. The molecule has 1 heterocycles. The van der Waals surface area contributed by atoms with Crippen molar-refractivity contribution >= 4 is 17.6 Å². The summed E-state index contributed by atoms with van der Waals surface area (Å²) in [6, 6.07) is 0.919. The van der Waals surface area contributed by atoms with E-state index in [0.29, 0.717) is 0 Å². The van der Waals surface area contributed by atoms with Crippen molar-refractivity contribution in [2.45, 2.75) is 19.8 Å². The molecule has 0 fully saturated rings. The number of alkyl halides is 2. The molecule has 0 spiro atoms. The molecule has 1 aromatic heterocycles. The third-order valence-electron chi connectivity index (χ3n) is 1.97. The maximum Gasteiger partial charge on any atom is 0.310 e. The first kappa shape index (κ1) is 13.6. The van der Waals surface area contributed by atoms with Gasteiger partial charge in [0.2, 0.25) is 0 Å². The number of aromatic amines is 1. The fraction of sp³-hybridized carbons (Fsp3) is 0.400. The summed E-state index contributed by atoms with van der Waals surface area (Å²) in [5.74, 6) is -0.652. The second kappa shape index (κ2) is 5.77. The molecule has 0 saturated heterocycles. The van der Waals surface area contributed by atoms with Crippen LogP contribution in [0.4, 0.5) is 8.78 Å². The van der Waals surface area contributed by atoms with Crippen LogP contribution < -0.4 is 5.56 Å². The zero-order chi connectivity index (χ0) is 13.0. The van der Waals surface area contributed by atoms with Gasteiger partial charge < -0.3 is 9.72 Å². The number of hydrogen-bond donors (Lipinski definition) is 1. The van der Waals surface area contributed by atoms with E-state index in [2.05, 4.69) is 9.72 Å². The van der Waals surface area contributed by atoms with Gasteiger partial charge in [0, 0.05) is 5.56 Å². The number of aromatic nitrogens is 1. The Morgan fingerprint density at radius 2 is 2.24 bits per heavy atom. The van der Waals surface area contributed by atoms with E-state index in [0.717, 1.165) is 6.07 Å². The fourth-order valence-electron chi connectivity index (χ4n) is 1.23. The van der Waals surface area contributed by atoms with E-state index in [-0.39, 0.29) is 18.6 Å². The third-order valence-corrected chi connectivity index (χ3v) is 2.29. The Bertz CT molecular complexity index is 473. The molecule has 0 aliphatic heterocycles. The van der Waals surface area contributed by atoms with E-state index in [1.807, 2.05) is 0 Å². The minimum Gasteiger partial charge on any atom is -0.466 e. The number of carbonyl (C=O) groups is 1. The van der Waals surface area contributed by atoms with Crippen molar-refractivity contribution in [3.05, 3.63) is 32.7 Å². The molecule has 0 amide bonds. The normalized spacial score (nSPS) is 10.6. The Labute approximate surface area is 101 Å². The molecular formula is C10H10ClF2NO3. The largest absolute Gasteiger partial charge is 0.466 e. The maximum absolute atomic E-state index is 12.5. The quantitative estimate of drug-likeness (QED) is 0.670. The van der Waals surface area contributed by atoms with Crippen molar-refractivity contribution in [3.63, 3.8) is 0 Å². The fourth-order valence-corrected chi connectivity index (χ4v) is 1.45. The van der Waals surface area contributed by atoms with Gasteiger partial charge in [-0.3, -0.25) is 9.59 Å². The number of H-pyrrole nitrogens is 1. The van der Waals surface area contributed by atoms with Gasteiger partial charge in [-0.05, 0) is 13.0 Å². The highest BCUT2D eigenvalue weighted by atomic mass is 35.5. The first-order valence-corrected chi connectivity index (χ1v) is 5.18. The van der Waals surface area contributed by atoms with E-state index >= 15 is 0 Å². The number of pyridine rings is 1. The second-order valence-corrected chi connectivity index (χ2v) is 3.55. The van der Waals surface area contributed by atoms with Crippen LogP contribution in [-0.4, -0.2) is 17.6 Å². The van der Waals surface area contributed by atoms with Crippen LogP contribution in [0.5, 0.6) is 0 Å². The van der Waals surface area contributed by atoms with Gasteiger partial charge in [-0.25, -0.2) is 8.78 Å². The Hall–Kier alpha value is -1.43. The van der Waals surface area contributed by atoms with E-state index in [1.165, 1.54) is 0 Å². The predicted octanol–water partition coefficient (Wildman–Crippen LogP) is 2.07. The molecule has 1 N–H and O–H groups in total. The highest BCUT2D eigenvalue weighted by Crippen LogP contribution is 2.24. The monoisotopic (exact) mass is 265 g/mol. The maximum atomic E-state index is 12.5. The van der Waals surface area contributed by atoms with Crippen LogP contribution in [0.25, 0.3) is 0 Å². The highest BCUT2D eigenvalue weighted by molar-refractivity contribution is 6.30. The van der Waals surface area contributed by atoms with E-state index < -0.39 is 28.7 Å². The molecule has 0 bridgehead atoms. The lowest BCUT2D eigenvalue weighted by Crippen LogP contribution is -2.19. The zero-order valence-electron chi connectivity index (χ0n) is 8.93. The first-order valence-electron chi connectivity index (χ1n) is 4.81. The lowest BCUT2D eigenvalue weighted by Gasteiger charge is -2.06. The molecule has 94 valence electrons. The molecule has 7 heteroatoms. The Morgan fingerprint density at radius 1 is 1.59 bits per heavy atom. The van der Waals surface area contributed by atoms with Crippen LogP contribution in [0.1, 0.15) is 24.5 Å². The van der Waals surface area contributed by atoms with Gasteiger partial charge in [0.15, 0.2) is 0 Å². The Balaban J connectivity index is 3.04. The SMILES string of the molecule is CCOC(=O)Cc1cc(C(F)F)c(Cl)[nH]c1=O. The first-order chi connectivity index (χ1) is 7.95. The average Bonchev–Trinajstić information content (AvgIpc) is 2.21. The molecule has 1 aromatic rings. The summed E-state index contributed by atoms with van der Waals surface area (Å²) in [5.41, 5.74) is -1.28. The predicted molar refractivity (Wildman–Crippen MR) is 57.4 cm³/mol. The number of nitrogens with one attached hydrogen (secondary N) is 1. The summed E-state index contributed by atoms with van der Waals surface area (Å²) in [4.78, 5) is 24.6. The van der Waals surface area contributed by atoms with Crippen molar-refractivity contribution in [3.8, 4) is 0 Å². The lowest BCUT2D eigenvalue weighted by molar-refractivity contribution is -0.142. The summed E-state index contributed by atoms with van der Waals surface area (Å²) in [6.07, 6.45) is -3.18. The highest BCUT2D eigenvalue weighted by Gasteiger charge is 2.17. The zero-order valence-corrected chi connectivity index (χ0v) is 9.68. The molecule has 4 nitrogen and oxygen atoms in total. The van der Waals surface area contributed by atoms with E-state index in [4.69, 9.17) is 11.6 Å². The van der Waals surface area contributed by atoms with E-state index in [9.17, 15) is 18.4 Å². The van der Waals surface area contributed by atoms with Crippen molar-refractivity contribution in [1.82, 2.24) is 4.98 Å². The van der Waals surface area contributed by atoms with Crippen LogP contribution >= 0.6 is 11.6 Å². The number of rotatable bonds is 4. The molecular weight excluding hydrogens is 256 g/mol. The Morgan fingerprint density at radius 3 is 2.76 bits per heavy atom. The van der Waals surface area contributed by atoms with Gasteiger partial charge in [-0.1, -0.05) is 11.6 Å². The van der Waals surface area contributed by atoms with Gasteiger partial charge in [-0.2, -0.15) is 0 Å². The third kappa shape index (κ3) is 3.52. The van der Waals surface area contributed by atoms with Crippen LogP contribution in [0, 0.1) is 0 Å². The molecule has 0 aliphatic carbocycles. The van der Waals surface area contributed by atoms with Gasteiger partial charge in [0.1, 0.15) is 5.15 Å². The second-order valence-electron chi connectivity index (χ2n) is 3.18. The number of halogens is 3. The van der Waals surface area contributed by atoms with Crippen LogP contribution in [0.15, 0.2) is 10.9 Å². The number of ether oxygens (including phenoxy) is 1. The molecule has 0 atom stereocenters. The van der Waals surface area contributed by atoms with Gasteiger partial charge >= 0.3 is 5.97 Å². The molecule has 0 unspecified atom stereocenters. The summed E-state index contributed by atoms with van der Waals surface area (Å²) in [5, 5.41) is -0.419. The van der Waals surface area contributed by atoms with Crippen molar-refractivity contribution in [2.75, 3.05) is 6.61 Å². The number of hydrogen-bond acceptors (Lipinski definition) is 3. The van der Waals surface area contributed by atoms with E-state index in [1.54, 1.807) is 6.92 Å². The molecule has 0 saturated carbocycles. The van der Waals surface area contributed by atoms with Gasteiger partial charge in [0.25, 0.3) is 12.0 Å². The smallest absolute Gasteiger partial charge is 0.310 e. The van der Waals surface area contributed by atoms with Gasteiger partial charge in [0.05, 0.1) is 18.6 Å². The standard InChI is InChI=1S/C10H10ClF2NO3/c1-2-17-7(15)4-5-3-6(9(12)13)8(11)14-10(5)16/h3,9H,2,4H2,1H3,(H,14,16). The van der Waals surface area contributed by atoms with Crippen LogP contribution in [0.2, 0.25) is 5.15 Å². The van der Waals surface area contributed by atoms with Crippen LogP contribution in [0.3, 0.4) is 0 Å². The topological polar surface area (TPSA) is 59.2 Å². The molecule has 0 aromatic carbocycles.